The van der Waals surface area contributed by atoms with Gasteiger partial charge in [0, 0.05) is 10.6 Å². The van der Waals surface area contributed by atoms with Gasteiger partial charge in [-0.2, -0.15) is 5.10 Å². The van der Waals surface area contributed by atoms with Crippen LogP contribution in [0, 0.1) is 6.57 Å². The van der Waals surface area contributed by atoms with Crippen molar-refractivity contribution in [1.29, 1.82) is 0 Å². The zero-order valence-corrected chi connectivity index (χ0v) is 14.3. The van der Waals surface area contributed by atoms with Gasteiger partial charge in [0.1, 0.15) is 0 Å². The number of aromatic nitrogens is 2. The van der Waals surface area contributed by atoms with Crippen LogP contribution in [0.5, 0.6) is 0 Å². The molecule has 0 bridgehead atoms. The summed E-state index contributed by atoms with van der Waals surface area (Å²) in [5, 5.41) is 14.7. The zero-order valence-electron chi connectivity index (χ0n) is 12.8. The Morgan fingerprint density at radius 3 is 2.44 bits per heavy atom. The molecule has 0 spiro atoms. The summed E-state index contributed by atoms with van der Waals surface area (Å²) in [6.07, 6.45) is 0. The molecule has 3 rings (SSSR count). The fourth-order valence-corrected chi connectivity index (χ4v) is 2.89. The minimum atomic E-state index is -1.19. The quantitative estimate of drug-likeness (QED) is 0.659. The summed E-state index contributed by atoms with van der Waals surface area (Å²) in [6, 6.07) is 13.9. The average molecular weight is 372 g/mol. The van der Waals surface area contributed by atoms with Crippen LogP contribution in [0.3, 0.4) is 0 Å². The van der Waals surface area contributed by atoms with Gasteiger partial charge in [-0.05, 0) is 24.3 Å². The number of hydrogen-bond acceptors (Lipinski definition) is 2. The Balaban J connectivity index is 2.36. The fourth-order valence-electron chi connectivity index (χ4n) is 2.55. The molecule has 0 unspecified atom stereocenters. The van der Waals surface area contributed by atoms with Crippen molar-refractivity contribution in [3.05, 3.63) is 81.3 Å². The molecule has 0 atom stereocenters. The molecule has 0 saturated heterocycles. The van der Waals surface area contributed by atoms with E-state index in [-0.39, 0.29) is 12.2 Å². The second-order valence-corrected chi connectivity index (χ2v) is 6.01. The number of aromatic carboxylic acids is 1. The maximum atomic E-state index is 11.6. The number of para-hydroxylation sites is 1. The summed E-state index contributed by atoms with van der Waals surface area (Å²) in [4.78, 5) is 15.0. The molecular formula is C18H11Cl2N3O2. The summed E-state index contributed by atoms with van der Waals surface area (Å²) < 4.78 is 1.47. The maximum absolute atomic E-state index is 11.6. The monoisotopic (exact) mass is 371 g/mol. The number of carboxylic acids is 1. The third-order valence-electron chi connectivity index (χ3n) is 3.62. The molecule has 7 heteroatoms. The molecule has 5 nitrogen and oxygen atoms in total. The number of hydrogen-bond donors (Lipinski definition) is 1. The second kappa shape index (κ2) is 6.98. The van der Waals surface area contributed by atoms with Gasteiger partial charge in [-0.1, -0.05) is 47.5 Å². The molecule has 0 saturated carbocycles. The predicted molar refractivity (Wildman–Crippen MR) is 96.3 cm³/mol. The summed E-state index contributed by atoms with van der Waals surface area (Å²) >= 11 is 12.2. The summed E-state index contributed by atoms with van der Waals surface area (Å²) in [5.74, 6) is -1.19. The molecule has 1 heterocycles. The topological polar surface area (TPSA) is 59.5 Å². The lowest BCUT2D eigenvalue weighted by Crippen LogP contribution is -2.03. The SMILES string of the molecule is [C-]#[N+]Cc1c(C(=O)O)nn(-c2ccccc2Cl)c1-c1ccc(Cl)cc1. The van der Waals surface area contributed by atoms with Crippen LogP contribution in [-0.2, 0) is 6.54 Å². The van der Waals surface area contributed by atoms with Crippen molar-refractivity contribution in [3.63, 3.8) is 0 Å². The minimum absolute atomic E-state index is 0.107. The van der Waals surface area contributed by atoms with Crippen molar-refractivity contribution < 1.29 is 9.90 Å². The molecule has 1 aromatic heterocycles. The predicted octanol–water partition coefficient (Wildman–Crippen LogP) is 4.96. The minimum Gasteiger partial charge on any atom is -0.476 e. The molecule has 3 aromatic rings. The molecule has 0 aliphatic carbocycles. The van der Waals surface area contributed by atoms with Gasteiger partial charge in [-0.25, -0.2) is 16.0 Å². The van der Waals surface area contributed by atoms with Crippen molar-refractivity contribution in [2.24, 2.45) is 0 Å². The molecule has 124 valence electrons. The van der Waals surface area contributed by atoms with Crippen LogP contribution < -0.4 is 0 Å². The third-order valence-corrected chi connectivity index (χ3v) is 4.19. The first-order chi connectivity index (χ1) is 12.0. The lowest BCUT2D eigenvalue weighted by atomic mass is 10.1. The van der Waals surface area contributed by atoms with Crippen LogP contribution >= 0.6 is 23.2 Å². The van der Waals surface area contributed by atoms with E-state index in [2.05, 4.69) is 9.94 Å². The number of nitrogens with zero attached hydrogens (tertiary/aromatic N) is 3. The van der Waals surface area contributed by atoms with Crippen molar-refractivity contribution in [3.8, 4) is 16.9 Å². The number of halogens is 2. The molecule has 0 aliphatic rings. The van der Waals surface area contributed by atoms with Gasteiger partial charge in [0.05, 0.1) is 22.0 Å². The van der Waals surface area contributed by atoms with E-state index in [1.165, 1.54) is 4.68 Å². The maximum Gasteiger partial charge on any atom is 0.357 e. The van der Waals surface area contributed by atoms with Crippen LogP contribution in [0.25, 0.3) is 21.8 Å². The second-order valence-electron chi connectivity index (χ2n) is 5.17. The van der Waals surface area contributed by atoms with E-state index in [4.69, 9.17) is 29.8 Å². The molecule has 25 heavy (non-hydrogen) atoms. The van der Waals surface area contributed by atoms with Gasteiger partial charge in [-0.3, -0.25) is 0 Å². The Bertz CT molecular complexity index is 989. The highest BCUT2D eigenvalue weighted by Gasteiger charge is 2.26. The van der Waals surface area contributed by atoms with Gasteiger partial charge in [0.15, 0.2) is 5.69 Å². The zero-order chi connectivity index (χ0) is 18.0. The molecule has 2 aromatic carbocycles. The first-order valence-corrected chi connectivity index (χ1v) is 7.97. The van der Waals surface area contributed by atoms with Gasteiger partial charge < -0.3 is 9.95 Å². The first-order valence-electron chi connectivity index (χ1n) is 7.22. The number of benzene rings is 2. The van der Waals surface area contributed by atoms with Crippen molar-refractivity contribution in [2.75, 3.05) is 0 Å². The lowest BCUT2D eigenvalue weighted by molar-refractivity contribution is 0.0689. The number of rotatable bonds is 4. The Hall–Kier alpha value is -2.81. The van der Waals surface area contributed by atoms with E-state index < -0.39 is 5.97 Å². The van der Waals surface area contributed by atoms with E-state index in [0.29, 0.717) is 32.6 Å². The Kier molecular flexibility index (Phi) is 4.75. The average Bonchev–Trinajstić information content (AvgIpc) is 2.96. The van der Waals surface area contributed by atoms with Crippen LogP contribution in [0.1, 0.15) is 16.1 Å². The molecular weight excluding hydrogens is 361 g/mol. The Morgan fingerprint density at radius 1 is 1.16 bits per heavy atom. The standard InChI is InChI=1S/C18H11Cl2N3O2/c1-21-10-13-16(18(24)25)22-23(15-5-3-2-4-14(15)20)17(13)11-6-8-12(19)9-7-11/h2-9H,10H2,(H,24,25). The molecule has 0 aliphatic heterocycles. The highest BCUT2D eigenvalue weighted by Crippen LogP contribution is 2.33. The summed E-state index contributed by atoms with van der Waals surface area (Å²) in [7, 11) is 0. The highest BCUT2D eigenvalue weighted by atomic mass is 35.5. The van der Waals surface area contributed by atoms with Gasteiger partial charge in [0.2, 0.25) is 6.54 Å². The van der Waals surface area contributed by atoms with Crippen LogP contribution in [0.2, 0.25) is 10.0 Å². The van der Waals surface area contributed by atoms with E-state index in [1.807, 2.05) is 0 Å². The lowest BCUT2D eigenvalue weighted by Gasteiger charge is -2.10. The van der Waals surface area contributed by atoms with E-state index in [1.54, 1.807) is 48.5 Å². The van der Waals surface area contributed by atoms with Crippen LogP contribution in [-0.4, -0.2) is 20.9 Å². The third kappa shape index (κ3) is 3.22. The van der Waals surface area contributed by atoms with Crippen molar-refractivity contribution >= 4 is 29.2 Å². The number of carbonyl (C=O) groups is 1. The normalized spacial score (nSPS) is 10.4. The summed E-state index contributed by atoms with van der Waals surface area (Å²) in [6.45, 7) is 7.07. The fraction of sp³-hybridized carbons (Fsp3) is 0.0556. The number of carboxylic acid groups (broad SMARTS) is 1. The molecule has 0 amide bonds. The van der Waals surface area contributed by atoms with Gasteiger partial charge >= 0.3 is 5.97 Å². The molecule has 0 fully saturated rings. The first kappa shape index (κ1) is 17.0. The Labute approximate surface area is 153 Å². The summed E-state index contributed by atoms with van der Waals surface area (Å²) in [5.41, 5.74) is 1.92. The van der Waals surface area contributed by atoms with E-state index in [0.717, 1.165) is 0 Å². The molecule has 0 radical (unpaired) electrons. The highest BCUT2D eigenvalue weighted by molar-refractivity contribution is 6.32. The molecule has 1 N–H and O–H groups in total. The van der Waals surface area contributed by atoms with E-state index >= 15 is 0 Å². The van der Waals surface area contributed by atoms with Gasteiger partial charge in [-0.15, -0.1) is 0 Å². The van der Waals surface area contributed by atoms with Crippen LogP contribution in [0.4, 0.5) is 0 Å². The van der Waals surface area contributed by atoms with E-state index in [9.17, 15) is 9.90 Å². The largest absolute Gasteiger partial charge is 0.476 e. The van der Waals surface area contributed by atoms with Crippen molar-refractivity contribution in [2.45, 2.75) is 6.54 Å². The Morgan fingerprint density at radius 2 is 1.84 bits per heavy atom. The van der Waals surface area contributed by atoms with Crippen LogP contribution in [0.15, 0.2) is 48.5 Å². The smallest absolute Gasteiger partial charge is 0.357 e. The van der Waals surface area contributed by atoms with Crippen molar-refractivity contribution in [1.82, 2.24) is 9.78 Å². The van der Waals surface area contributed by atoms with Gasteiger partial charge in [0.25, 0.3) is 0 Å².